The lowest BCUT2D eigenvalue weighted by atomic mass is 9.92. The van der Waals surface area contributed by atoms with Crippen molar-refractivity contribution in [3.8, 4) is 16.9 Å². The maximum absolute atomic E-state index is 14.3. The average Bonchev–Trinajstić information content (AvgIpc) is 2.82. The molecule has 0 aliphatic carbocycles. The van der Waals surface area contributed by atoms with Crippen LogP contribution in [0.25, 0.3) is 21.9 Å². The van der Waals surface area contributed by atoms with E-state index in [-0.39, 0.29) is 30.1 Å². The third-order valence-electron chi connectivity index (χ3n) is 5.93. The van der Waals surface area contributed by atoms with Gasteiger partial charge in [0.2, 0.25) is 0 Å². The number of benzene rings is 4. The van der Waals surface area contributed by atoms with E-state index in [2.05, 4.69) is 31.3 Å². The van der Waals surface area contributed by atoms with Crippen LogP contribution in [0.5, 0.6) is 5.75 Å². The molecule has 2 N–H and O–H groups in total. The molecule has 0 fully saturated rings. The van der Waals surface area contributed by atoms with E-state index < -0.39 is 11.8 Å². The number of ether oxygens (including phenoxy) is 1. The number of halogens is 2. The van der Waals surface area contributed by atoms with Gasteiger partial charge in [0.25, 0.3) is 0 Å². The predicted molar refractivity (Wildman–Crippen MR) is 137 cm³/mol. The minimum atomic E-state index is -1.15. The maximum Gasteiger partial charge on any atom is 0.335 e. The molecule has 1 unspecified atom stereocenters. The van der Waals surface area contributed by atoms with Crippen LogP contribution >= 0.6 is 12.4 Å². The Hall–Kier alpha value is -3.41. The molecule has 0 bridgehead atoms. The molecule has 0 aromatic heterocycles. The second-order valence-corrected chi connectivity index (χ2v) is 8.21. The average molecular weight is 480 g/mol. The number of aromatic carboxylic acids is 1. The Bertz CT molecular complexity index is 1320. The molecule has 2 atom stereocenters. The number of carbonyl (C=O) groups is 1. The fourth-order valence-corrected chi connectivity index (χ4v) is 4.17. The molecule has 0 saturated carbocycles. The molecule has 0 radical (unpaired) electrons. The molecular formula is C28H27ClFNO3. The zero-order valence-corrected chi connectivity index (χ0v) is 20.0. The van der Waals surface area contributed by atoms with Crippen LogP contribution in [-0.4, -0.2) is 18.2 Å². The van der Waals surface area contributed by atoms with Gasteiger partial charge in [-0.1, -0.05) is 36.4 Å². The first-order valence-electron chi connectivity index (χ1n) is 10.8. The Labute approximate surface area is 204 Å². The Morgan fingerprint density at radius 2 is 1.65 bits per heavy atom. The number of fused-ring (bicyclic) bond motifs is 1. The highest BCUT2D eigenvalue weighted by Gasteiger charge is 2.16. The molecule has 0 aliphatic rings. The van der Waals surface area contributed by atoms with E-state index >= 15 is 0 Å². The van der Waals surface area contributed by atoms with Gasteiger partial charge in [0.15, 0.2) is 0 Å². The summed E-state index contributed by atoms with van der Waals surface area (Å²) in [6, 6.07) is 23.9. The fourth-order valence-electron chi connectivity index (χ4n) is 4.17. The van der Waals surface area contributed by atoms with E-state index in [1.54, 1.807) is 7.11 Å². The fraction of sp³-hybridized carbons (Fsp3) is 0.179. The van der Waals surface area contributed by atoms with Crippen molar-refractivity contribution in [2.24, 2.45) is 0 Å². The SMILES string of the molecule is COc1cccc([C@@H](C)NC(C)c2cc(-c3cc(F)cc(C(=O)O)c3)c3ccccc3c2)c1.Cl. The summed E-state index contributed by atoms with van der Waals surface area (Å²) in [6.07, 6.45) is 0. The van der Waals surface area contributed by atoms with Crippen LogP contribution in [0.1, 0.15) is 47.4 Å². The standard InChI is InChI=1S/C28H26FNO3.ClH/c1-17(19-8-6-9-25(15-19)33-3)30-18(2)21-11-20-7-4-5-10-26(20)27(16-21)22-12-23(28(31)32)14-24(29)13-22;/h4-18,30H,1-3H3,(H,31,32);1H/t17-,18?;/m1./s1. The Morgan fingerprint density at radius 3 is 2.38 bits per heavy atom. The summed E-state index contributed by atoms with van der Waals surface area (Å²) in [6.45, 7) is 4.18. The minimum absolute atomic E-state index is 0. The van der Waals surface area contributed by atoms with Gasteiger partial charge in [0.05, 0.1) is 12.7 Å². The molecule has 0 aliphatic heterocycles. The van der Waals surface area contributed by atoms with Crippen molar-refractivity contribution in [3.63, 3.8) is 0 Å². The zero-order chi connectivity index (χ0) is 23.5. The minimum Gasteiger partial charge on any atom is -0.497 e. The smallest absolute Gasteiger partial charge is 0.335 e. The van der Waals surface area contributed by atoms with Crippen LogP contribution in [-0.2, 0) is 0 Å². The summed E-state index contributed by atoms with van der Waals surface area (Å²) in [5.41, 5.74) is 3.40. The van der Waals surface area contributed by atoms with E-state index in [1.165, 1.54) is 12.1 Å². The predicted octanol–water partition coefficient (Wildman–Crippen LogP) is 7.19. The topological polar surface area (TPSA) is 58.6 Å². The zero-order valence-electron chi connectivity index (χ0n) is 19.2. The molecule has 0 amide bonds. The molecule has 6 heteroatoms. The third-order valence-corrected chi connectivity index (χ3v) is 5.93. The van der Waals surface area contributed by atoms with E-state index in [9.17, 15) is 14.3 Å². The maximum atomic E-state index is 14.3. The van der Waals surface area contributed by atoms with Crippen LogP contribution in [0.3, 0.4) is 0 Å². The summed E-state index contributed by atoms with van der Waals surface area (Å²) in [4.78, 5) is 11.5. The van der Waals surface area contributed by atoms with Crippen molar-refractivity contribution in [3.05, 3.63) is 101 Å². The quantitative estimate of drug-likeness (QED) is 0.294. The lowest BCUT2D eigenvalue weighted by Crippen LogP contribution is -2.22. The number of hydrogen-bond acceptors (Lipinski definition) is 3. The monoisotopic (exact) mass is 479 g/mol. The molecule has 4 aromatic carbocycles. The Kier molecular flexibility index (Phi) is 7.92. The van der Waals surface area contributed by atoms with Crippen LogP contribution in [0.15, 0.2) is 78.9 Å². The molecule has 0 heterocycles. The number of carboxylic acids is 1. The van der Waals surface area contributed by atoms with Gasteiger partial charge in [-0.3, -0.25) is 0 Å². The summed E-state index contributed by atoms with van der Waals surface area (Å²) < 4.78 is 19.6. The molecule has 176 valence electrons. The summed E-state index contributed by atoms with van der Waals surface area (Å²) >= 11 is 0. The van der Waals surface area contributed by atoms with Crippen LogP contribution < -0.4 is 10.1 Å². The van der Waals surface area contributed by atoms with Crippen molar-refractivity contribution >= 4 is 29.1 Å². The van der Waals surface area contributed by atoms with Crippen molar-refractivity contribution in [2.45, 2.75) is 25.9 Å². The van der Waals surface area contributed by atoms with Gasteiger partial charge in [-0.2, -0.15) is 0 Å². The number of nitrogens with one attached hydrogen (secondary N) is 1. The number of methoxy groups -OCH3 is 1. The lowest BCUT2D eigenvalue weighted by molar-refractivity contribution is 0.0696. The molecule has 0 spiro atoms. The van der Waals surface area contributed by atoms with Crippen LogP contribution in [0.2, 0.25) is 0 Å². The number of hydrogen-bond donors (Lipinski definition) is 2. The highest BCUT2D eigenvalue weighted by atomic mass is 35.5. The van der Waals surface area contributed by atoms with Gasteiger partial charge in [-0.05, 0) is 89.3 Å². The first-order chi connectivity index (χ1) is 15.9. The third kappa shape index (κ3) is 5.38. The number of carboxylic acid groups (broad SMARTS) is 1. The van der Waals surface area contributed by atoms with Gasteiger partial charge in [-0.15, -0.1) is 12.4 Å². The van der Waals surface area contributed by atoms with E-state index in [0.717, 1.165) is 39.3 Å². The van der Waals surface area contributed by atoms with E-state index in [0.29, 0.717) is 5.56 Å². The molecule has 4 rings (SSSR count). The molecule has 0 saturated heterocycles. The van der Waals surface area contributed by atoms with Crippen molar-refractivity contribution in [1.82, 2.24) is 5.32 Å². The van der Waals surface area contributed by atoms with Crippen molar-refractivity contribution in [2.75, 3.05) is 7.11 Å². The first kappa shape index (κ1) is 25.2. The van der Waals surface area contributed by atoms with E-state index in [1.807, 2.05) is 48.5 Å². The largest absolute Gasteiger partial charge is 0.497 e. The van der Waals surface area contributed by atoms with Gasteiger partial charge >= 0.3 is 5.97 Å². The first-order valence-corrected chi connectivity index (χ1v) is 10.8. The lowest BCUT2D eigenvalue weighted by Gasteiger charge is -2.22. The van der Waals surface area contributed by atoms with Gasteiger partial charge in [0, 0.05) is 12.1 Å². The Balaban J connectivity index is 0.00000324. The summed E-state index contributed by atoms with van der Waals surface area (Å²) in [7, 11) is 1.65. The van der Waals surface area contributed by atoms with Crippen LogP contribution in [0, 0.1) is 5.82 Å². The summed E-state index contributed by atoms with van der Waals surface area (Å²) in [5, 5.41) is 15.0. The second kappa shape index (κ2) is 10.7. The molecule has 4 nitrogen and oxygen atoms in total. The van der Waals surface area contributed by atoms with Crippen molar-refractivity contribution < 1.29 is 19.0 Å². The molecular weight excluding hydrogens is 453 g/mol. The van der Waals surface area contributed by atoms with E-state index in [4.69, 9.17) is 4.74 Å². The van der Waals surface area contributed by atoms with Gasteiger partial charge in [-0.25, -0.2) is 9.18 Å². The summed E-state index contributed by atoms with van der Waals surface area (Å²) in [5.74, 6) is -0.919. The normalized spacial score (nSPS) is 12.6. The Morgan fingerprint density at radius 1 is 0.912 bits per heavy atom. The molecule has 4 aromatic rings. The molecule has 34 heavy (non-hydrogen) atoms. The second-order valence-electron chi connectivity index (χ2n) is 8.21. The highest BCUT2D eigenvalue weighted by molar-refractivity contribution is 5.99. The van der Waals surface area contributed by atoms with Gasteiger partial charge in [0.1, 0.15) is 11.6 Å². The van der Waals surface area contributed by atoms with Gasteiger partial charge < -0.3 is 15.2 Å². The van der Waals surface area contributed by atoms with Crippen LogP contribution in [0.4, 0.5) is 4.39 Å². The van der Waals surface area contributed by atoms with Crippen molar-refractivity contribution in [1.29, 1.82) is 0 Å². The number of rotatable bonds is 7. The highest BCUT2D eigenvalue weighted by Crippen LogP contribution is 2.34.